The maximum Gasteiger partial charge on any atom is 0.0690 e. The Labute approximate surface area is 91.8 Å². The lowest BCUT2D eigenvalue weighted by Gasteiger charge is -2.27. The van der Waals surface area contributed by atoms with Crippen molar-refractivity contribution in [2.75, 3.05) is 7.05 Å². The van der Waals surface area contributed by atoms with Gasteiger partial charge in [0, 0.05) is 18.8 Å². The number of rotatable bonds is 5. The second kappa shape index (κ2) is 5.83. The van der Waals surface area contributed by atoms with Crippen LogP contribution < -0.4 is 0 Å². The largest absolute Gasteiger partial charge is 0.392 e. The van der Waals surface area contributed by atoms with Crippen LogP contribution in [-0.4, -0.2) is 34.2 Å². The predicted octanol–water partition coefficient (Wildman–Crippen LogP) is 1.67. The van der Waals surface area contributed by atoms with Crippen LogP contribution in [0.25, 0.3) is 0 Å². The minimum absolute atomic E-state index is 0.164. The van der Waals surface area contributed by atoms with Crippen molar-refractivity contribution in [2.45, 2.75) is 39.0 Å². The zero-order valence-electron chi connectivity index (χ0n) is 9.72. The second-order valence-electron chi connectivity index (χ2n) is 3.95. The highest BCUT2D eigenvalue weighted by Gasteiger charge is 2.17. The van der Waals surface area contributed by atoms with E-state index in [9.17, 15) is 5.11 Å². The molecule has 2 atom stereocenters. The number of hydrogen-bond acceptors (Lipinski definition) is 3. The third-order valence-electron chi connectivity index (χ3n) is 2.81. The number of hydrogen-bond donors (Lipinski definition) is 1. The molecule has 1 aromatic heterocycles. The molecule has 0 saturated carbocycles. The summed E-state index contributed by atoms with van der Waals surface area (Å²) in [7, 11) is 2.01. The molecule has 0 aromatic carbocycles. The molecule has 1 N–H and O–H groups in total. The minimum Gasteiger partial charge on any atom is -0.392 e. The first-order valence-corrected chi connectivity index (χ1v) is 5.43. The summed E-state index contributed by atoms with van der Waals surface area (Å²) < 4.78 is 0. The Balaban J connectivity index is 2.52. The van der Waals surface area contributed by atoms with Crippen molar-refractivity contribution in [3.63, 3.8) is 0 Å². The van der Waals surface area contributed by atoms with Crippen LogP contribution in [0.4, 0.5) is 0 Å². The quantitative estimate of drug-likeness (QED) is 0.799. The molecular weight excluding hydrogens is 188 g/mol. The maximum absolute atomic E-state index is 9.71. The van der Waals surface area contributed by atoms with Crippen LogP contribution in [0.15, 0.2) is 24.4 Å². The van der Waals surface area contributed by atoms with Gasteiger partial charge in [0.15, 0.2) is 0 Å². The smallest absolute Gasteiger partial charge is 0.0690 e. The van der Waals surface area contributed by atoms with E-state index in [2.05, 4.69) is 9.88 Å². The van der Waals surface area contributed by atoms with Gasteiger partial charge in [-0.3, -0.25) is 9.88 Å². The van der Waals surface area contributed by atoms with E-state index in [1.54, 1.807) is 6.20 Å². The van der Waals surface area contributed by atoms with Gasteiger partial charge in [-0.25, -0.2) is 0 Å². The van der Waals surface area contributed by atoms with E-state index in [0.717, 1.165) is 18.7 Å². The summed E-state index contributed by atoms with van der Waals surface area (Å²) in [5.41, 5.74) is 1.04. The summed E-state index contributed by atoms with van der Waals surface area (Å²) in [4.78, 5) is 6.38. The van der Waals surface area contributed by atoms with Crippen molar-refractivity contribution in [2.24, 2.45) is 0 Å². The van der Waals surface area contributed by atoms with Crippen molar-refractivity contribution >= 4 is 0 Å². The van der Waals surface area contributed by atoms with Gasteiger partial charge in [-0.2, -0.15) is 0 Å². The Morgan fingerprint density at radius 3 is 2.73 bits per heavy atom. The molecule has 0 fully saturated rings. The van der Waals surface area contributed by atoms with Gasteiger partial charge in [-0.05, 0) is 32.5 Å². The highest BCUT2D eigenvalue weighted by molar-refractivity contribution is 5.03. The van der Waals surface area contributed by atoms with E-state index in [0.29, 0.717) is 0 Å². The molecule has 0 radical (unpaired) electrons. The van der Waals surface area contributed by atoms with Gasteiger partial charge in [0.25, 0.3) is 0 Å². The minimum atomic E-state index is -0.265. The molecule has 3 heteroatoms. The molecule has 1 heterocycles. The molecule has 0 amide bonds. The molecule has 0 aliphatic heterocycles. The highest BCUT2D eigenvalue weighted by atomic mass is 16.3. The fourth-order valence-electron chi connectivity index (χ4n) is 1.53. The van der Waals surface area contributed by atoms with Gasteiger partial charge in [0.2, 0.25) is 0 Å². The van der Waals surface area contributed by atoms with Crippen molar-refractivity contribution in [3.05, 3.63) is 30.1 Å². The maximum atomic E-state index is 9.71. The molecule has 2 unspecified atom stereocenters. The van der Waals surface area contributed by atoms with E-state index in [-0.39, 0.29) is 12.1 Å². The molecule has 0 spiro atoms. The number of aliphatic hydroxyl groups is 1. The molecule has 84 valence electrons. The third-order valence-corrected chi connectivity index (χ3v) is 2.81. The normalized spacial score (nSPS) is 15.3. The highest BCUT2D eigenvalue weighted by Crippen LogP contribution is 2.08. The Hall–Kier alpha value is -0.930. The molecule has 3 nitrogen and oxygen atoms in total. The van der Waals surface area contributed by atoms with Crippen LogP contribution in [0, 0.1) is 0 Å². The zero-order valence-corrected chi connectivity index (χ0v) is 9.72. The lowest BCUT2D eigenvalue weighted by atomic mass is 10.1. The van der Waals surface area contributed by atoms with E-state index in [4.69, 9.17) is 0 Å². The number of aliphatic hydroxyl groups excluding tert-OH is 1. The molecule has 0 bridgehead atoms. The summed E-state index contributed by atoms with van der Waals surface area (Å²) in [5.74, 6) is 0. The molecular formula is C12H20N2O. The summed E-state index contributed by atoms with van der Waals surface area (Å²) in [6.07, 6.45) is 2.32. The van der Waals surface area contributed by atoms with E-state index < -0.39 is 0 Å². The summed E-state index contributed by atoms with van der Waals surface area (Å²) in [6.45, 7) is 4.81. The van der Waals surface area contributed by atoms with Gasteiger partial charge in [-0.1, -0.05) is 13.0 Å². The average molecular weight is 208 g/mol. The van der Waals surface area contributed by atoms with Crippen molar-refractivity contribution < 1.29 is 5.11 Å². The summed E-state index contributed by atoms with van der Waals surface area (Å²) in [6, 6.07) is 6.06. The van der Waals surface area contributed by atoms with Crippen LogP contribution in [0.1, 0.15) is 26.0 Å². The third kappa shape index (κ3) is 3.61. The van der Waals surface area contributed by atoms with Crippen molar-refractivity contribution in [3.8, 4) is 0 Å². The Morgan fingerprint density at radius 1 is 1.47 bits per heavy atom. The second-order valence-corrected chi connectivity index (χ2v) is 3.95. The standard InChI is InChI=1S/C12H20N2O/c1-4-12(15)10(2)14(3)9-11-7-5-6-8-13-11/h5-8,10,12,15H,4,9H2,1-3H3. The van der Waals surface area contributed by atoms with Gasteiger partial charge in [-0.15, -0.1) is 0 Å². The first-order chi connectivity index (χ1) is 7.15. The molecule has 15 heavy (non-hydrogen) atoms. The molecule has 1 rings (SSSR count). The van der Waals surface area contributed by atoms with Crippen LogP contribution in [0.2, 0.25) is 0 Å². The fraction of sp³-hybridized carbons (Fsp3) is 0.583. The Kier molecular flexibility index (Phi) is 4.72. The predicted molar refractivity (Wildman–Crippen MR) is 61.5 cm³/mol. The van der Waals surface area contributed by atoms with Crippen LogP contribution in [0.3, 0.4) is 0 Å². The van der Waals surface area contributed by atoms with Gasteiger partial charge < -0.3 is 5.11 Å². The monoisotopic (exact) mass is 208 g/mol. The molecule has 0 aliphatic carbocycles. The molecule has 0 saturated heterocycles. The SMILES string of the molecule is CCC(O)C(C)N(C)Cc1ccccn1. The van der Waals surface area contributed by atoms with Crippen LogP contribution >= 0.6 is 0 Å². The fourth-order valence-corrected chi connectivity index (χ4v) is 1.53. The van der Waals surface area contributed by atoms with Gasteiger partial charge >= 0.3 is 0 Å². The first kappa shape index (κ1) is 12.1. The average Bonchev–Trinajstić information content (AvgIpc) is 2.28. The van der Waals surface area contributed by atoms with E-state index in [1.165, 1.54) is 0 Å². The van der Waals surface area contributed by atoms with E-state index >= 15 is 0 Å². The van der Waals surface area contributed by atoms with Crippen molar-refractivity contribution in [1.29, 1.82) is 0 Å². The number of nitrogens with zero attached hydrogens (tertiary/aromatic N) is 2. The summed E-state index contributed by atoms with van der Waals surface area (Å²) >= 11 is 0. The summed E-state index contributed by atoms with van der Waals surface area (Å²) in [5, 5.41) is 9.71. The first-order valence-electron chi connectivity index (χ1n) is 5.43. The lowest BCUT2D eigenvalue weighted by molar-refractivity contribution is 0.0659. The topological polar surface area (TPSA) is 36.4 Å². The van der Waals surface area contributed by atoms with Crippen LogP contribution in [-0.2, 0) is 6.54 Å². The number of pyridine rings is 1. The van der Waals surface area contributed by atoms with Crippen molar-refractivity contribution in [1.82, 2.24) is 9.88 Å². The lowest BCUT2D eigenvalue weighted by Crippen LogP contribution is -2.38. The Morgan fingerprint density at radius 2 is 2.20 bits per heavy atom. The zero-order chi connectivity index (χ0) is 11.3. The molecule has 1 aromatic rings. The van der Waals surface area contributed by atoms with Gasteiger partial charge in [0.1, 0.15) is 0 Å². The van der Waals surface area contributed by atoms with E-state index in [1.807, 2.05) is 39.1 Å². The van der Waals surface area contributed by atoms with Crippen LogP contribution in [0.5, 0.6) is 0 Å². The number of aromatic nitrogens is 1. The number of likely N-dealkylation sites (N-methyl/N-ethyl adjacent to an activating group) is 1. The Bertz CT molecular complexity index is 276. The molecule has 0 aliphatic rings. The van der Waals surface area contributed by atoms with Gasteiger partial charge in [0.05, 0.1) is 11.8 Å².